The van der Waals surface area contributed by atoms with Crippen molar-refractivity contribution in [3.8, 4) is 0 Å². The van der Waals surface area contributed by atoms with Crippen LogP contribution in [0.4, 0.5) is 11.5 Å². The highest BCUT2D eigenvalue weighted by atomic mass is 15.1. The van der Waals surface area contributed by atoms with Gasteiger partial charge in [-0.1, -0.05) is 24.3 Å². The first kappa shape index (κ1) is 11.1. The molecule has 0 spiro atoms. The lowest BCUT2D eigenvalue weighted by molar-refractivity contribution is 0.690. The summed E-state index contributed by atoms with van der Waals surface area (Å²) >= 11 is 0. The summed E-state index contributed by atoms with van der Waals surface area (Å²) in [6, 6.07) is 12.6. The van der Waals surface area contributed by atoms with Crippen molar-refractivity contribution in [1.29, 1.82) is 0 Å². The second-order valence-corrected chi connectivity index (χ2v) is 4.75. The molecule has 2 aromatic rings. The molecule has 1 aromatic carbocycles. The maximum Gasteiger partial charge on any atom is 0.123 e. The molecule has 1 aliphatic heterocycles. The van der Waals surface area contributed by atoms with Crippen LogP contribution in [-0.2, 0) is 13.0 Å². The Labute approximate surface area is 107 Å². The Balaban J connectivity index is 1.84. The maximum atomic E-state index is 5.61. The van der Waals surface area contributed by atoms with E-state index >= 15 is 0 Å². The van der Waals surface area contributed by atoms with Crippen LogP contribution >= 0.6 is 0 Å². The summed E-state index contributed by atoms with van der Waals surface area (Å²) < 4.78 is 0. The summed E-state index contributed by atoms with van der Waals surface area (Å²) in [5.74, 6) is 0.581. The molecule has 1 aromatic heterocycles. The Morgan fingerprint density at radius 2 is 2.06 bits per heavy atom. The average Bonchev–Trinajstić information content (AvgIpc) is 2.42. The number of nitrogens with zero attached hydrogens (tertiary/aromatic N) is 2. The number of pyridine rings is 1. The molecule has 0 fully saturated rings. The van der Waals surface area contributed by atoms with Crippen molar-refractivity contribution >= 4 is 11.5 Å². The molecule has 2 heterocycles. The standard InChI is InChI=1S/C15H17N3/c16-15-8-7-12(10-17-15)11-18-9-3-5-13-4-1-2-6-14(13)18/h1-2,4,6-8,10H,3,5,9,11H2,(H2,16,17). The third kappa shape index (κ3) is 2.16. The van der Waals surface area contributed by atoms with Crippen LogP contribution in [0.3, 0.4) is 0 Å². The molecule has 1 aliphatic rings. The van der Waals surface area contributed by atoms with Gasteiger partial charge >= 0.3 is 0 Å². The lowest BCUT2D eigenvalue weighted by Gasteiger charge is -2.31. The molecule has 0 saturated carbocycles. The van der Waals surface area contributed by atoms with Crippen molar-refractivity contribution in [3.05, 3.63) is 53.7 Å². The fourth-order valence-corrected chi connectivity index (χ4v) is 2.53. The van der Waals surface area contributed by atoms with Crippen LogP contribution in [0, 0.1) is 0 Å². The Kier molecular flexibility index (Phi) is 2.89. The number of rotatable bonds is 2. The van der Waals surface area contributed by atoms with Crippen molar-refractivity contribution < 1.29 is 0 Å². The largest absolute Gasteiger partial charge is 0.384 e. The zero-order valence-corrected chi connectivity index (χ0v) is 10.3. The number of para-hydroxylation sites is 1. The normalized spacial score (nSPS) is 14.3. The second-order valence-electron chi connectivity index (χ2n) is 4.75. The van der Waals surface area contributed by atoms with Crippen LogP contribution in [0.5, 0.6) is 0 Å². The molecule has 0 radical (unpaired) electrons. The Morgan fingerprint density at radius 1 is 1.17 bits per heavy atom. The molecule has 0 bridgehead atoms. The molecule has 0 atom stereocenters. The van der Waals surface area contributed by atoms with E-state index in [4.69, 9.17) is 5.73 Å². The summed E-state index contributed by atoms with van der Waals surface area (Å²) in [6.45, 7) is 2.02. The molecule has 18 heavy (non-hydrogen) atoms. The van der Waals surface area contributed by atoms with Gasteiger partial charge in [0.05, 0.1) is 0 Å². The Hall–Kier alpha value is -2.03. The van der Waals surface area contributed by atoms with Gasteiger partial charge in [-0.3, -0.25) is 0 Å². The zero-order chi connectivity index (χ0) is 12.4. The minimum absolute atomic E-state index is 0.581. The van der Waals surface area contributed by atoms with Crippen LogP contribution in [0.15, 0.2) is 42.6 Å². The van der Waals surface area contributed by atoms with Crippen molar-refractivity contribution in [1.82, 2.24) is 4.98 Å². The van der Waals surface area contributed by atoms with Crippen LogP contribution < -0.4 is 10.6 Å². The number of nitrogen functional groups attached to an aromatic ring is 1. The van der Waals surface area contributed by atoms with E-state index < -0.39 is 0 Å². The van der Waals surface area contributed by atoms with Gasteiger partial charge < -0.3 is 10.6 Å². The van der Waals surface area contributed by atoms with Gasteiger partial charge in [-0.15, -0.1) is 0 Å². The van der Waals surface area contributed by atoms with E-state index in [9.17, 15) is 0 Å². The number of hydrogen-bond donors (Lipinski definition) is 1. The molecule has 2 N–H and O–H groups in total. The molecule has 3 nitrogen and oxygen atoms in total. The lowest BCUT2D eigenvalue weighted by Crippen LogP contribution is -2.28. The highest BCUT2D eigenvalue weighted by molar-refractivity contribution is 5.55. The second kappa shape index (κ2) is 4.69. The minimum atomic E-state index is 0.581. The monoisotopic (exact) mass is 239 g/mol. The van der Waals surface area contributed by atoms with Crippen molar-refractivity contribution in [3.63, 3.8) is 0 Å². The van der Waals surface area contributed by atoms with Crippen molar-refractivity contribution in [2.75, 3.05) is 17.2 Å². The number of nitrogens with two attached hydrogens (primary N) is 1. The molecule has 0 saturated heterocycles. The quantitative estimate of drug-likeness (QED) is 0.876. The van der Waals surface area contributed by atoms with Crippen LogP contribution in [0.25, 0.3) is 0 Å². The molecule has 0 amide bonds. The van der Waals surface area contributed by atoms with Crippen molar-refractivity contribution in [2.24, 2.45) is 0 Å². The molecule has 92 valence electrons. The minimum Gasteiger partial charge on any atom is -0.384 e. The first-order chi connectivity index (χ1) is 8.83. The number of benzene rings is 1. The van der Waals surface area contributed by atoms with Gasteiger partial charge in [0.1, 0.15) is 5.82 Å². The number of aromatic nitrogens is 1. The molecule has 3 heteroatoms. The predicted molar refractivity (Wildman–Crippen MR) is 74.5 cm³/mol. The van der Waals surface area contributed by atoms with Gasteiger partial charge in [-0.2, -0.15) is 0 Å². The van der Waals surface area contributed by atoms with Crippen LogP contribution in [-0.4, -0.2) is 11.5 Å². The predicted octanol–water partition coefficient (Wildman–Crippen LogP) is 2.62. The third-order valence-corrected chi connectivity index (χ3v) is 3.43. The van der Waals surface area contributed by atoms with E-state index in [0.717, 1.165) is 13.1 Å². The molecular formula is C15H17N3. The van der Waals surface area contributed by atoms with E-state index in [2.05, 4.69) is 40.2 Å². The fraction of sp³-hybridized carbons (Fsp3) is 0.267. The third-order valence-electron chi connectivity index (χ3n) is 3.43. The van der Waals surface area contributed by atoms with Gasteiger partial charge in [0, 0.05) is 25.0 Å². The molecule has 3 rings (SSSR count). The molecule has 0 unspecified atom stereocenters. The van der Waals surface area contributed by atoms with Gasteiger partial charge in [0.2, 0.25) is 0 Å². The number of fused-ring (bicyclic) bond motifs is 1. The van der Waals surface area contributed by atoms with Gasteiger partial charge in [0.25, 0.3) is 0 Å². The molecular weight excluding hydrogens is 222 g/mol. The lowest BCUT2D eigenvalue weighted by atomic mass is 10.0. The summed E-state index contributed by atoms with van der Waals surface area (Å²) in [5.41, 5.74) is 9.63. The van der Waals surface area contributed by atoms with E-state index in [-0.39, 0.29) is 0 Å². The highest BCUT2D eigenvalue weighted by Crippen LogP contribution is 2.27. The highest BCUT2D eigenvalue weighted by Gasteiger charge is 2.16. The van der Waals surface area contributed by atoms with Crippen molar-refractivity contribution in [2.45, 2.75) is 19.4 Å². The summed E-state index contributed by atoms with van der Waals surface area (Å²) in [7, 11) is 0. The average molecular weight is 239 g/mol. The fourth-order valence-electron chi connectivity index (χ4n) is 2.53. The van der Waals surface area contributed by atoms with E-state index in [1.54, 1.807) is 0 Å². The maximum absolute atomic E-state index is 5.61. The van der Waals surface area contributed by atoms with Crippen LogP contribution in [0.1, 0.15) is 17.5 Å². The number of anilines is 2. The Morgan fingerprint density at radius 3 is 2.89 bits per heavy atom. The van der Waals surface area contributed by atoms with Gasteiger partial charge in [-0.25, -0.2) is 4.98 Å². The summed E-state index contributed by atoms with van der Waals surface area (Å²) in [4.78, 5) is 6.57. The Bertz CT molecular complexity index is 534. The summed E-state index contributed by atoms with van der Waals surface area (Å²) in [5, 5.41) is 0. The zero-order valence-electron chi connectivity index (χ0n) is 10.3. The van der Waals surface area contributed by atoms with E-state index in [1.165, 1.54) is 29.7 Å². The van der Waals surface area contributed by atoms with Gasteiger partial charge in [0.15, 0.2) is 0 Å². The first-order valence-electron chi connectivity index (χ1n) is 6.36. The first-order valence-corrected chi connectivity index (χ1v) is 6.36. The van der Waals surface area contributed by atoms with E-state index in [0.29, 0.717) is 5.82 Å². The van der Waals surface area contributed by atoms with E-state index in [1.807, 2.05) is 12.3 Å². The smallest absolute Gasteiger partial charge is 0.123 e. The van der Waals surface area contributed by atoms with Crippen LogP contribution in [0.2, 0.25) is 0 Å². The summed E-state index contributed by atoms with van der Waals surface area (Å²) in [6.07, 6.45) is 4.28. The van der Waals surface area contributed by atoms with Gasteiger partial charge in [-0.05, 0) is 36.1 Å². The number of aryl methyl sites for hydroxylation is 1. The topological polar surface area (TPSA) is 42.1 Å². The molecule has 0 aliphatic carbocycles. The SMILES string of the molecule is Nc1ccc(CN2CCCc3ccccc32)cn1. The number of hydrogen-bond acceptors (Lipinski definition) is 3.